The number of nitrogens with one attached hydrogen (secondary N) is 2. The Morgan fingerprint density at radius 3 is 2.08 bits per heavy atom. The van der Waals surface area contributed by atoms with Gasteiger partial charge in [0.05, 0.1) is 32.0 Å². The average Bonchev–Trinajstić information content (AvgIpc) is 2.88. The van der Waals surface area contributed by atoms with E-state index < -0.39 is 80.3 Å². The van der Waals surface area contributed by atoms with E-state index in [4.69, 9.17) is 14.2 Å². The van der Waals surface area contributed by atoms with Crippen molar-refractivity contribution >= 4 is 11.6 Å². The molecule has 0 aliphatic carbocycles. The number of aliphatic hydroxyl groups is 8. The lowest BCUT2D eigenvalue weighted by Gasteiger charge is -2.46. The third-order valence-electron chi connectivity index (χ3n) is 6.92. The second kappa shape index (κ2) is 11.5. The number of urea groups is 1. The number of aliphatic hydroxyl groups excluding tert-OH is 8. The zero-order chi connectivity index (χ0) is 26.9. The summed E-state index contributed by atoms with van der Waals surface area (Å²) in [5.74, 6) is -1.07. The maximum absolute atomic E-state index is 11.3. The van der Waals surface area contributed by atoms with Crippen LogP contribution in [0, 0.1) is 5.92 Å². The van der Waals surface area contributed by atoms with E-state index >= 15 is 0 Å². The molecule has 0 unspecified atom stereocenters. The van der Waals surface area contributed by atoms with Crippen molar-refractivity contribution in [2.75, 3.05) is 19.8 Å². The molecule has 37 heavy (non-hydrogen) atoms. The van der Waals surface area contributed by atoms with Crippen LogP contribution in [0.4, 0.5) is 4.79 Å². The van der Waals surface area contributed by atoms with E-state index in [9.17, 15) is 45.6 Å². The lowest BCUT2D eigenvalue weighted by atomic mass is 9.81. The molecule has 206 valence electrons. The fourth-order valence-corrected chi connectivity index (χ4v) is 4.77. The number of rotatable bonds is 7. The van der Waals surface area contributed by atoms with E-state index in [2.05, 4.69) is 10.6 Å². The second-order valence-corrected chi connectivity index (χ2v) is 9.25. The van der Waals surface area contributed by atoms with Crippen molar-refractivity contribution < 1.29 is 59.9 Å². The summed E-state index contributed by atoms with van der Waals surface area (Å²) in [6.45, 7) is -1.12. The number of hydrogen-bond donors (Lipinski definition) is 10. The highest BCUT2D eigenvalue weighted by atomic mass is 16.7. The molecule has 14 nitrogen and oxygen atoms in total. The smallest absolute Gasteiger partial charge is 0.321 e. The van der Waals surface area contributed by atoms with E-state index in [1.165, 1.54) is 12.1 Å². The summed E-state index contributed by atoms with van der Waals surface area (Å²) >= 11 is 0. The zero-order valence-corrected chi connectivity index (χ0v) is 19.6. The molecule has 0 aromatic heterocycles. The molecule has 14 heteroatoms. The topological polar surface area (TPSA) is 231 Å². The lowest BCUT2D eigenvalue weighted by Crippen LogP contribution is -2.62. The molecule has 2 saturated heterocycles. The molecule has 1 aromatic carbocycles. The van der Waals surface area contributed by atoms with Crippen LogP contribution >= 0.6 is 0 Å². The molecule has 0 spiro atoms. The first-order valence-electron chi connectivity index (χ1n) is 11.8. The molecule has 3 aliphatic heterocycles. The van der Waals surface area contributed by atoms with Gasteiger partial charge in [0.1, 0.15) is 42.4 Å². The van der Waals surface area contributed by atoms with Gasteiger partial charge in [-0.3, -0.25) is 5.32 Å². The Balaban J connectivity index is 1.48. The first-order valence-corrected chi connectivity index (χ1v) is 11.8. The van der Waals surface area contributed by atoms with Crippen molar-refractivity contribution in [3.8, 4) is 5.75 Å². The molecule has 10 N–H and O–H groups in total. The molecular weight excluding hydrogens is 496 g/mol. The van der Waals surface area contributed by atoms with Crippen LogP contribution in [-0.2, 0) is 9.47 Å². The van der Waals surface area contributed by atoms with Crippen LogP contribution < -0.4 is 15.4 Å². The van der Waals surface area contributed by atoms with Crippen LogP contribution in [-0.4, -0.2) is 122 Å². The fraction of sp³-hybridized carbons (Fsp3) is 0.609. The molecule has 0 radical (unpaired) electrons. The highest BCUT2D eigenvalue weighted by molar-refractivity contribution is 5.84. The number of ether oxygens (including phenoxy) is 3. The number of carbonyl (C=O) groups excluding carboxylic acids is 1. The van der Waals surface area contributed by atoms with Gasteiger partial charge in [0.2, 0.25) is 6.29 Å². The maximum Gasteiger partial charge on any atom is 0.321 e. The Morgan fingerprint density at radius 1 is 0.838 bits per heavy atom. The fourth-order valence-electron chi connectivity index (χ4n) is 4.77. The van der Waals surface area contributed by atoms with Crippen molar-refractivity contribution in [3.63, 3.8) is 0 Å². The normalized spacial score (nSPS) is 38.6. The molecule has 2 amide bonds. The Labute approximate surface area is 211 Å². The molecule has 1 aromatic rings. The van der Waals surface area contributed by atoms with Gasteiger partial charge in [-0.05, 0) is 24.1 Å². The van der Waals surface area contributed by atoms with Gasteiger partial charge in [-0.15, -0.1) is 0 Å². The zero-order valence-electron chi connectivity index (χ0n) is 19.6. The summed E-state index contributed by atoms with van der Waals surface area (Å²) in [4.78, 5) is 11.3. The predicted octanol–water partition coefficient (Wildman–Crippen LogP) is -3.11. The predicted molar refractivity (Wildman–Crippen MR) is 123 cm³/mol. The number of carbonyl (C=O) groups is 1. The van der Waals surface area contributed by atoms with Gasteiger partial charge in [0, 0.05) is 11.5 Å². The Morgan fingerprint density at radius 2 is 1.46 bits per heavy atom. The van der Waals surface area contributed by atoms with E-state index in [0.29, 0.717) is 11.1 Å². The number of hydrogen-bond acceptors (Lipinski definition) is 12. The third kappa shape index (κ3) is 5.67. The van der Waals surface area contributed by atoms with Crippen LogP contribution in [0.3, 0.4) is 0 Å². The van der Waals surface area contributed by atoms with Crippen molar-refractivity contribution in [1.29, 1.82) is 0 Å². The third-order valence-corrected chi connectivity index (χ3v) is 6.92. The van der Waals surface area contributed by atoms with Crippen LogP contribution in [0.5, 0.6) is 5.75 Å². The molecule has 0 saturated carbocycles. The van der Waals surface area contributed by atoms with Crippen molar-refractivity contribution in [2.45, 2.75) is 61.5 Å². The highest BCUT2D eigenvalue weighted by Gasteiger charge is 2.50. The first-order chi connectivity index (χ1) is 17.6. The molecule has 3 heterocycles. The highest BCUT2D eigenvalue weighted by Crippen LogP contribution is 2.35. The van der Waals surface area contributed by atoms with E-state index in [1.54, 1.807) is 12.1 Å². The van der Waals surface area contributed by atoms with Gasteiger partial charge in [-0.2, -0.15) is 0 Å². The number of amides is 2. The van der Waals surface area contributed by atoms with E-state index in [1.807, 2.05) is 0 Å². The summed E-state index contributed by atoms with van der Waals surface area (Å²) in [5, 5.41) is 86.0. The average molecular weight is 529 g/mol. The van der Waals surface area contributed by atoms with Gasteiger partial charge in [-0.1, -0.05) is 12.1 Å². The minimum Gasteiger partial charge on any atom is -0.494 e. The monoisotopic (exact) mass is 528 g/mol. The van der Waals surface area contributed by atoms with Crippen LogP contribution in [0.2, 0.25) is 0 Å². The standard InChI is InChI=1S/C23H32N2O12/c26-7-14-16(28)11(5-13-18(30)20(32)19(31)15(8-27)36-13)17(29)22(37-14)35-10-3-1-9(2-4-10)12-6-24-23(34)25-21(12)33/h1-4,11,13-20,22,26-33H,5-8H2,(H2,24,25,34)/t11-,13-,14-,15-,16+,17+,18+,19-,20-,22+/m1/s1. The summed E-state index contributed by atoms with van der Waals surface area (Å²) in [6.07, 6.45) is -12.6. The number of benzene rings is 1. The van der Waals surface area contributed by atoms with Crippen molar-refractivity contribution in [1.82, 2.24) is 10.6 Å². The Bertz CT molecular complexity index is 973. The molecule has 10 atom stereocenters. The van der Waals surface area contributed by atoms with Crippen LogP contribution in [0.25, 0.3) is 5.57 Å². The largest absolute Gasteiger partial charge is 0.494 e. The summed E-state index contributed by atoms with van der Waals surface area (Å²) in [5.41, 5.74) is 1.04. The van der Waals surface area contributed by atoms with Crippen LogP contribution in [0.1, 0.15) is 12.0 Å². The van der Waals surface area contributed by atoms with Gasteiger partial charge >= 0.3 is 6.03 Å². The van der Waals surface area contributed by atoms with Crippen molar-refractivity contribution in [3.05, 3.63) is 35.7 Å². The molecule has 0 bridgehead atoms. The van der Waals surface area contributed by atoms with Gasteiger partial charge < -0.3 is 60.4 Å². The SMILES string of the molecule is O=C1NCC(c2ccc(O[C@H]3O[C@H](CO)[C@@H](O)[C@@H](C[C@H]4O[C@H](CO)[C@@H](O)[C@H](O)[C@H]4O)[C@@H]3O)cc2)=C(O)N1. The minimum atomic E-state index is -1.62. The lowest BCUT2D eigenvalue weighted by molar-refractivity contribution is -0.278. The van der Waals surface area contributed by atoms with E-state index in [0.717, 1.165) is 0 Å². The molecule has 2 fully saturated rings. The summed E-state index contributed by atoms with van der Waals surface area (Å²) in [7, 11) is 0. The molecule has 4 rings (SSSR count). The quantitative estimate of drug-likeness (QED) is 0.170. The summed E-state index contributed by atoms with van der Waals surface area (Å²) in [6, 6.07) is 5.77. The second-order valence-electron chi connectivity index (χ2n) is 9.25. The van der Waals surface area contributed by atoms with Crippen molar-refractivity contribution in [2.24, 2.45) is 5.92 Å². The molecular formula is C23H32N2O12. The molecule has 3 aliphatic rings. The van der Waals surface area contributed by atoms with Gasteiger partial charge in [-0.25, -0.2) is 4.79 Å². The Kier molecular flexibility index (Phi) is 8.52. The maximum atomic E-state index is 11.3. The first kappa shape index (κ1) is 27.5. The van der Waals surface area contributed by atoms with Crippen LogP contribution in [0.15, 0.2) is 30.1 Å². The van der Waals surface area contributed by atoms with Gasteiger partial charge in [0.15, 0.2) is 5.88 Å². The van der Waals surface area contributed by atoms with Gasteiger partial charge in [0.25, 0.3) is 0 Å². The Hall–Kier alpha value is -2.53. The van der Waals surface area contributed by atoms with E-state index in [-0.39, 0.29) is 24.6 Å². The minimum absolute atomic E-state index is 0.109. The summed E-state index contributed by atoms with van der Waals surface area (Å²) < 4.78 is 16.8.